The number of thioether (sulfide) groups is 1. The van der Waals surface area contributed by atoms with Crippen molar-refractivity contribution in [1.29, 1.82) is 0 Å². The maximum atomic E-state index is 9.42. The molecule has 0 radical (unpaired) electrons. The van der Waals surface area contributed by atoms with Crippen LogP contribution in [0.2, 0.25) is 0 Å². The van der Waals surface area contributed by atoms with Crippen molar-refractivity contribution in [3.8, 4) is 0 Å². The summed E-state index contributed by atoms with van der Waals surface area (Å²) in [7, 11) is 0. The van der Waals surface area contributed by atoms with Gasteiger partial charge in [0.2, 0.25) is 0 Å². The van der Waals surface area contributed by atoms with Crippen LogP contribution in [0.1, 0.15) is 33.1 Å². The highest BCUT2D eigenvalue weighted by Crippen LogP contribution is 2.13. The van der Waals surface area contributed by atoms with Crippen LogP contribution in [-0.2, 0) is 0 Å². The van der Waals surface area contributed by atoms with E-state index in [0.29, 0.717) is 11.8 Å². The van der Waals surface area contributed by atoms with Gasteiger partial charge in [-0.15, -0.1) is 0 Å². The minimum Gasteiger partial charge on any atom is -0.393 e. The molecule has 0 aliphatic carbocycles. The summed E-state index contributed by atoms with van der Waals surface area (Å²) < 4.78 is 0. The summed E-state index contributed by atoms with van der Waals surface area (Å²) in [5.74, 6) is 1.06. The molecule has 0 saturated carbocycles. The highest BCUT2D eigenvalue weighted by atomic mass is 32.2. The fraction of sp³-hybridized carbons (Fsp3) is 1.00. The Hall–Kier alpha value is 0.270. The second kappa shape index (κ2) is 7.90. The van der Waals surface area contributed by atoms with Gasteiger partial charge in [-0.05, 0) is 36.8 Å². The van der Waals surface area contributed by atoms with Crippen molar-refractivity contribution in [3.63, 3.8) is 0 Å². The van der Waals surface area contributed by atoms with Crippen molar-refractivity contribution in [2.75, 3.05) is 12.3 Å². The maximum absolute atomic E-state index is 9.42. The molecule has 3 N–H and O–H groups in total. The van der Waals surface area contributed by atoms with E-state index >= 15 is 0 Å². The summed E-state index contributed by atoms with van der Waals surface area (Å²) in [5, 5.41) is 10.1. The number of rotatable bonds is 7. The lowest BCUT2D eigenvalue weighted by Crippen LogP contribution is -2.11. The second-order valence-corrected chi connectivity index (χ2v) is 4.98. The Morgan fingerprint density at radius 3 is 2.50 bits per heavy atom. The molecule has 3 heteroatoms. The summed E-state index contributed by atoms with van der Waals surface area (Å²) >= 11 is 1.90. The van der Waals surface area contributed by atoms with Gasteiger partial charge in [0, 0.05) is 0 Å². The number of hydrogen-bond donors (Lipinski definition) is 2. The predicted octanol–water partition coefficient (Wildman–Crippen LogP) is 1.62. The van der Waals surface area contributed by atoms with Crippen molar-refractivity contribution >= 4 is 11.8 Å². The van der Waals surface area contributed by atoms with E-state index in [9.17, 15) is 5.11 Å². The van der Waals surface area contributed by atoms with Crippen LogP contribution >= 0.6 is 11.8 Å². The zero-order valence-electron chi connectivity index (χ0n) is 8.12. The molecular weight excluding hydrogens is 170 g/mol. The summed E-state index contributed by atoms with van der Waals surface area (Å²) in [5.41, 5.74) is 5.34. The first kappa shape index (κ1) is 12.3. The molecule has 0 aromatic carbocycles. The van der Waals surface area contributed by atoms with E-state index in [4.69, 9.17) is 5.73 Å². The number of hydrogen-bond acceptors (Lipinski definition) is 3. The van der Waals surface area contributed by atoms with E-state index in [-0.39, 0.29) is 6.10 Å². The lowest BCUT2D eigenvalue weighted by atomic mass is 10.1. The summed E-state index contributed by atoms with van der Waals surface area (Å²) in [6.07, 6.45) is 2.56. The van der Waals surface area contributed by atoms with Gasteiger partial charge in [0.05, 0.1) is 6.10 Å². The highest BCUT2D eigenvalue weighted by molar-refractivity contribution is 7.99. The van der Waals surface area contributed by atoms with Crippen molar-refractivity contribution in [2.45, 2.75) is 44.5 Å². The molecule has 0 saturated heterocycles. The third kappa shape index (κ3) is 8.37. The maximum Gasteiger partial charge on any atom is 0.0548 e. The average Bonchev–Trinajstić information content (AvgIpc) is 2.00. The molecule has 1 atom stereocenters. The zero-order valence-corrected chi connectivity index (χ0v) is 8.94. The van der Waals surface area contributed by atoms with E-state index in [1.807, 2.05) is 11.8 Å². The minimum absolute atomic E-state index is 0.139. The Bertz CT molecular complexity index is 98.5. The smallest absolute Gasteiger partial charge is 0.0548 e. The number of aliphatic hydroxyl groups excluding tert-OH is 1. The summed E-state index contributed by atoms with van der Waals surface area (Å²) in [4.78, 5) is 0. The van der Waals surface area contributed by atoms with Crippen LogP contribution in [-0.4, -0.2) is 28.8 Å². The van der Waals surface area contributed by atoms with Gasteiger partial charge >= 0.3 is 0 Å². The molecule has 0 aromatic heterocycles. The highest BCUT2D eigenvalue weighted by Gasteiger charge is 2.03. The summed E-state index contributed by atoms with van der Waals surface area (Å²) in [6, 6.07) is 0. The molecule has 0 amide bonds. The molecule has 1 unspecified atom stereocenters. The van der Waals surface area contributed by atoms with E-state index in [0.717, 1.165) is 25.0 Å². The van der Waals surface area contributed by atoms with Crippen LogP contribution < -0.4 is 5.73 Å². The first-order valence-corrected chi connectivity index (χ1v) is 5.71. The molecule has 12 heavy (non-hydrogen) atoms. The molecule has 0 heterocycles. The van der Waals surface area contributed by atoms with Gasteiger partial charge < -0.3 is 10.8 Å². The molecule has 74 valence electrons. The topological polar surface area (TPSA) is 46.2 Å². The fourth-order valence-electron chi connectivity index (χ4n) is 0.938. The zero-order chi connectivity index (χ0) is 9.40. The SMILES string of the molecule is CC(C)SCCC(O)CCCN. The van der Waals surface area contributed by atoms with E-state index in [2.05, 4.69) is 13.8 Å². The standard InChI is InChI=1S/C9H21NOS/c1-8(2)12-7-5-9(11)4-3-6-10/h8-9,11H,3-7,10H2,1-2H3. The quantitative estimate of drug-likeness (QED) is 0.643. The van der Waals surface area contributed by atoms with Gasteiger partial charge in [0.25, 0.3) is 0 Å². The minimum atomic E-state index is -0.139. The van der Waals surface area contributed by atoms with Gasteiger partial charge in [-0.25, -0.2) is 0 Å². The first-order valence-electron chi connectivity index (χ1n) is 4.66. The summed E-state index contributed by atoms with van der Waals surface area (Å²) in [6.45, 7) is 5.04. The van der Waals surface area contributed by atoms with Crippen LogP contribution in [0, 0.1) is 0 Å². The lowest BCUT2D eigenvalue weighted by Gasteiger charge is -2.10. The van der Waals surface area contributed by atoms with Gasteiger partial charge in [0.15, 0.2) is 0 Å². The average molecular weight is 191 g/mol. The van der Waals surface area contributed by atoms with Crippen LogP contribution in [0.3, 0.4) is 0 Å². The molecule has 0 spiro atoms. The first-order chi connectivity index (χ1) is 5.66. The van der Waals surface area contributed by atoms with Crippen molar-refractivity contribution in [2.24, 2.45) is 5.73 Å². The third-order valence-electron chi connectivity index (χ3n) is 1.64. The number of aliphatic hydroxyl groups is 1. The molecule has 0 aliphatic rings. The van der Waals surface area contributed by atoms with Crippen LogP contribution in [0.25, 0.3) is 0 Å². The van der Waals surface area contributed by atoms with Gasteiger partial charge in [-0.2, -0.15) is 11.8 Å². The molecule has 0 bridgehead atoms. The monoisotopic (exact) mass is 191 g/mol. The normalized spacial score (nSPS) is 13.8. The van der Waals surface area contributed by atoms with Gasteiger partial charge in [-0.1, -0.05) is 13.8 Å². The van der Waals surface area contributed by atoms with Gasteiger partial charge in [-0.3, -0.25) is 0 Å². The Kier molecular flexibility index (Phi) is 8.07. The molecule has 0 fully saturated rings. The second-order valence-electron chi connectivity index (χ2n) is 3.29. The van der Waals surface area contributed by atoms with Crippen LogP contribution in [0.15, 0.2) is 0 Å². The Labute approximate surface area is 79.9 Å². The van der Waals surface area contributed by atoms with Crippen molar-refractivity contribution < 1.29 is 5.11 Å². The fourth-order valence-corrected chi connectivity index (χ4v) is 1.82. The van der Waals surface area contributed by atoms with E-state index < -0.39 is 0 Å². The Balaban J connectivity index is 3.13. The molecule has 2 nitrogen and oxygen atoms in total. The molecular formula is C9H21NOS. The molecule has 0 aromatic rings. The number of nitrogens with two attached hydrogens (primary N) is 1. The molecule has 0 rings (SSSR count). The van der Waals surface area contributed by atoms with E-state index in [1.54, 1.807) is 0 Å². The largest absolute Gasteiger partial charge is 0.393 e. The predicted molar refractivity (Wildman–Crippen MR) is 56.5 cm³/mol. The lowest BCUT2D eigenvalue weighted by molar-refractivity contribution is 0.159. The Morgan fingerprint density at radius 2 is 2.00 bits per heavy atom. The van der Waals surface area contributed by atoms with Crippen molar-refractivity contribution in [3.05, 3.63) is 0 Å². The molecule has 0 aliphatic heterocycles. The van der Waals surface area contributed by atoms with Crippen LogP contribution in [0.4, 0.5) is 0 Å². The van der Waals surface area contributed by atoms with Crippen LogP contribution in [0.5, 0.6) is 0 Å². The van der Waals surface area contributed by atoms with E-state index in [1.165, 1.54) is 0 Å². The van der Waals surface area contributed by atoms with Crippen molar-refractivity contribution in [1.82, 2.24) is 0 Å². The Morgan fingerprint density at radius 1 is 1.33 bits per heavy atom. The third-order valence-corrected chi connectivity index (χ3v) is 2.78. The van der Waals surface area contributed by atoms with Gasteiger partial charge in [0.1, 0.15) is 0 Å².